The van der Waals surface area contributed by atoms with Crippen LogP contribution in [0.2, 0.25) is 0 Å². The van der Waals surface area contributed by atoms with E-state index in [0.29, 0.717) is 0 Å². The van der Waals surface area contributed by atoms with Gasteiger partial charge in [0.1, 0.15) is 0 Å². The Balaban J connectivity index is 1.85. The van der Waals surface area contributed by atoms with Crippen LogP contribution in [0.3, 0.4) is 0 Å². The smallest absolute Gasteiger partial charge is 0.0233 e. The van der Waals surface area contributed by atoms with Gasteiger partial charge in [-0.05, 0) is 49.3 Å². The van der Waals surface area contributed by atoms with Crippen LogP contribution >= 0.6 is 0 Å². The second-order valence-electron chi connectivity index (χ2n) is 17.0. The molecular formula is C51H95. The van der Waals surface area contributed by atoms with E-state index in [4.69, 9.17) is 0 Å². The monoisotopic (exact) mass is 708 g/mol. The van der Waals surface area contributed by atoms with Gasteiger partial charge in [-0.3, -0.25) is 0 Å². The third-order valence-electron chi connectivity index (χ3n) is 12.0. The normalized spacial score (nSPS) is 11.6. The highest BCUT2D eigenvalue weighted by atomic mass is 14.1. The number of hydrogen-bond donors (Lipinski definition) is 0. The van der Waals surface area contributed by atoms with Gasteiger partial charge in [0.25, 0.3) is 0 Å². The molecule has 0 amide bonds. The van der Waals surface area contributed by atoms with Gasteiger partial charge in [0.05, 0.1) is 0 Å². The fourth-order valence-electron chi connectivity index (χ4n) is 8.30. The molecule has 0 fully saturated rings. The van der Waals surface area contributed by atoms with E-state index in [2.05, 4.69) is 39.0 Å². The van der Waals surface area contributed by atoms with Gasteiger partial charge in [0, 0.05) is 0 Å². The molecule has 0 aromatic heterocycles. The van der Waals surface area contributed by atoms with E-state index in [-0.39, 0.29) is 0 Å². The number of unbranched alkanes of at least 4 members (excludes halogenated alkanes) is 38. The first kappa shape index (κ1) is 48.2. The Bertz CT molecular complexity index is 729. The van der Waals surface area contributed by atoms with Crippen molar-refractivity contribution in [2.24, 2.45) is 0 Å². The average Bonchev–Trinajstić information content (AvgIpc) is 3.14. The highest BCUT2D eigenvalue weighted by molar-refractivity contribution is 5.37. The van der Waals surface area contributed by atoms with Crippen molar-refractivity contribution in [3.8, 4) is 0 Å². The summed E-state index contributed by atoms with van der Waals surface area (Å²) >= 11 is 0. The SMILES string of the molecule is [CH2]c1c(CCCCCCCCCCCCCCCCCCCCCC)cccc1CCCCCCCCCCCCCCCCCCCCCC. The highest BCUT2D eigenvalue weighted by Crippen LogP contribution is 2.21. The first-order chi connectivity index (χ1) is 25.3. The Labute approximate surface area is 324 Å². The van der Waals surface area contributed by atoms with Crippen LogP contribution in [-0.4, -0.2) is 0 Å². The zero-order valence-corrected chi connectivity index (χ0v) is 35.6. The molecule has 0 bridgehead atoms. The molecule has 0 aliphatic heterocycles. The topological polar surface area (TPSA) is 0 Å². The predicted octanol–water partition coefficient (Wildman–Crippen LogP) is 18.6. The van der Waals surface area contributed by atoms with Gasteiger partial charge < -0.3 is 0 Å². The zero-order valence-electron chi connectivity index (χ0n) is 35.6. The molecular weight excluding hydrogens is 613 g/mol. The van der Waals surface area contributed by atoms with E-state index in [9.17, 15) is 0 Å². The van der Waals surface area contributed by atoms with Gasteiger partial charge in [0.2, 0.25) is 0 Å². The highest BCUT2D eigenvalue weighted by Gasteiger charge is 2.05. The van der Waals surface area contributed by atoms with Gasteiger partial charge in [0.15, 0.2) is 0 Å². The Morgan fingerprint density at radius 2 is 0.451 bits per heavy atom. The molecule has 0 heteroatoms. The lowest BCUT2D eigenvalue weighted by Crippen LogP contribution is -1.97. The van der Waals surface area contributed by atoms with Gasteiger partial charge >= 0.3 is 0 Å². The van der Waals surface area contributed by atoms with Crippen molar-refractivity contribution in [2.75, 3.05) is 0 Å². The van der Waals surface area contributed by atoms with E-state index in [0.717, 1.165) is 0 Å². The fourth-order valence-corrected chi connectivity index (χ4v) is 8.30. The Kier molecular flexibility index (Phi) is 38.2. The zero-order chi connectivity index (χ0) is 36.6. The summed E-state index contributed by atoms with van der Waals surface area (Å²) in [6.07, 6.45) is 60.5. The summed E-state index contributed by atoms with van der Waals surface area (Å²) < 4.78 is 0. The van der Waals surface area contributed by atoms with Crippen molar-refractivity contribution >= 4 is 0 Å². The summed E-state index contributed by atoms with van der Waals surface area (Å²) in [5.74, 6) is 0. The van der Waals surface area contributed by atoms with Gasteiger partial charge in [-0.2, -0.15) is 0 Å². The molecule has 1 aromatic carbocycles. The summed E-state index contributed by atoms with van der Waals surface area (Å²) in [6.45, 7) is 9.15. The Hall–Kier alpha value is -0.780. The number of aryl methyl sites for hydroxylation is 2. The molecule has 0 aliphatic carbocycles. The van der Waals surface area contributed by atoms with Crippen LogP contribution in [0.4, 0.5) is 0 Å². The van der Waals surface area contributed by atoms with E-state index >= 15 is 0 Å². The van der Waals surface area contributed by atoms with Crippen LogP contribution in [0, 0.1) is 6.92 Å². The maximum Gasteiger partial charge on any atom is -0.0233 e. The van der Waals surface area contributed by atoms with Gasteiger partial charge in [-0.1, -0.05) is 276 Å². The van der Waals surface area contributed by atoms with Crippen LogP contribution in [0.25, 0.3) is 0 Å². The second kappa shape index (κ2) is 40.4. The van der Waals surface area contributed by atoms with Gasteiger partial charge in [-0.15, -0.1) is 0 Å². The minimum absolute atomic E-state index is 1.23. The minimum atomic E-state index is 1.23. The summed E-state index contributed by atoms with van der Waals surface area (Å²) in [6, 6.07) is 6.99. The van der Waals surface area contributed by atoms with E-state index in [1.807, 2.05) is 0 Å². The fraction of sp³-hybridized carbons (Fsp3) is 0.863. The molecule has 0 unspecified atom stereocenters. The first-order valence-electron chi connectivity index (χ1n) is 24.2. The summed E-state index contributed by atoms with van der Waals surface area (Å²) in [4.78, 5) is 0. The second-order valence-corrected chi connectivity index (χ2v) is 17.0. The quantitative estimate of drug-likeness (QED) is 0.0594. The molecule has 51 heavy (non-hydrogen) atoms. The summed E-state index contributed by atoms with van der Waals surface area (Å²) in [5, 5.41) is 0. The third kappa shape index (κ3) is 33.5. The molecule has 1 rings (SSSR count). The molecule has 0 spiro atoms. The standard InChI is InChI=1S/C51H95/c1-4-6-8-10-12-14-16-18-20-22-24-26-28-30-32-34-36-38-40-42-45-50-47-44-48-51(49(50)3)46-43-41-39-37-35-33-31-29-27-25-23-21-19-17-15-13-11-9-7-5-2/h44,47-48H,3-43,45-46H2,1-2H3. The predicted molar refractivity (Wildman–Crippen MR) is 234 cm³/mol. The van der Waals surface area contributed by atoms with Crippen molar-refractivity contribution < 1.29 is 0 Å². The number of benzene rings is 1. The van der Waals surface area contributed by atoms with Crippen molar-refractivity contribution in [1.29, 1.82) is 0 Å². The van der Waals surface area contributed by atoms with E-state index < -0.39 is 0 Å². The lowest BCUT2D eigenvalue weighted by Gasteiger charge is -2.11. The maximum atomic E-state index is 4.53. The van der Waals surface area contributed by atoms with Gasteiger partial charge in [-0.25, -0.2) is 0 Å². The molecule has 0 heterocycles. The molecule has 0 atom stereocenters. The molecule has 0 saturated heterocycles. The largest absolute Gasteiger partial charge is 0.0654 e. The van der Waals surface area contributed by atoms with Crippen LogP contribution in [0.5, 0.6) is 0 Å². The van der Waals surface area contributed by atoms with Crippen LogP contribution in [-0.2, 0) is 12.8 Å². The lowest BCUT2D eigenvalue weighted by molar-refractivity contribution is 0.521. The summed E-state index contributed by atoms with van der Waals surface area (Å²) in [7, 11) is 0. The van der Waals surface area contributed by atoms with Crippen molar-refractivity contribution in [1.82, 2.24) is 0 Å². The number of hydrogen-bond acceptors (Lipinski definition) is 0. The summed E-state index contributed by atoms with van der Waals surface area (Å²) in [5.41, 5.74) is 4.39. The molecule has 0 nitrogen and oxygen atoms in total. The van der Waals surface area contributed by atoms with Crippen molar-refractivity contribution in [3.05, 3.63) is 41.8 Å². The molecule has 1 aromatic rings. The molecule has 0 saturated carbocycles. The maximum absolute atomic E-state index is 4.53. The van der Waals surface area contributed by atoms with Crippen LogP contribution < -0.4 is 0 Å². The Morgan fingerprint density at radius 1 is 0.275 bits per heavy atom. The minimum Gasteiger partial charge on any atom is -0.0654 e. The number of rotatable bonds is 42. The third-order valence-corrected chi connectivity index (χ3v) is 12.0. The molecule has 299 valence electrons. The average molecular weight is 708 g/mol. The van der Waals surface area contributed by atoms with E-state index in [1.54, 1.807) is 0 Å². The molecule has 1 radical (unpaired) electrons. The Morgan fingerprint density at radius 3 is 0.647 bits per heavy atom. The molecule has 0 N–H and O–H groups in total. The van der Waals surface area contributed by atoms with Crippen molar-refractivity contribution in [2.45, 2.75) is 284 Å². The van der Waals surface area contributed by atoms with Crippen molar-refractivity contribution in [3.63, 3.8) is 0 Å². The van der Waals surface area contributed by atoms with Crippen LogP contribution in [0.15, 0.2) is 18.2 Å². The lowest BCUT2D eigenvalue weighted by atomic mass is 9.94. The molecule has 0 aliphatic rings. The van der Waals surface area contributed by atoms with Crippen LogP contribution in [0.1, 0.15) is 287 Å². The first-order valence-corrected chi connectivity index (χ1v) is 24.2. The van der Waals surface area contributed by atoms with E-state index in [1.165, 1.54) is 286 Å².